The van der Waals surface area contributed by atoms with E-state index >= 15 is 0 Å². The Bertz CT molecular complexity index is 486. The minimum atomic E-state index is -3.43. The van der Waals surface area contributed by atoms with Crippen molar-refractivity contribution in [3.63, 3.8) is 0 Å². The lowest BCUT2D eigenvalue weighted by molar-refractivity contribution is -0.124. The van der Waals surface area contributed by atoms with Crippen LogP contribution in [0.25, 0.3) is 0 Å². The van der Waals surface area contributed by atoms with E-state index in [0.717, 1.165) is 6.26 Å². The van der Waals surface area contributed by atoms with Gasteiger partial charge in [-0.1, -0.05) is 5.92 Å². The van der Waals surface area contributed by atoms with E-state index in [-0.39, 0.29) is 19.5 Å². The molecule has 0 bridgehead atoms. The van der Waals surface area contributed by atoms with Crippen LogP contribution in [0.2, 0.25) is 0 Å². The summed E-state index contributed by atoms with van der Waals surface area (Å²) in [6.45, 7) is -0.122. The molecule has 1 saturated heterocycles. The fraction of sp³-hybridized carbons (Fsp3) is 0.727. The van der Waals surface area contributed by atoms with E-state index < -0.39 is 40.3 Å². The highest BCUT2D eigenvalue weighted by Gasteiger charge is 2.43. The van der Waals surface area contributed by atoms with Gasteiger partial charge in [-0.15, -0.1) is 6.42 Å². The third kappa shape index (κ3) is 5.07. The van der Waals surface area contributed by atoms with Gasteiger partial charge >= 0.3 is 0 Å². The Morgan fingerprint density at radius 3 is 2.50 bits per heavy atom. The van der Waals surface area contributed by atoms with Crippen molar-refractivity contribution in [3.05, 3.63) is 0 Å². The maximum atomic E-state index is 11.4. The Hall–Kier alpha value is -1.18. The molecule has 4 N–H and O–H groups in total. The molecule has 0 spiro atoms. The van der Waals surface area contributed by atoms with Crippen LogP contribution in [0.1, 0.15) is 6.42 Å². The number of hydrogen-bond acceptors (Lipinski definition) is 6. The topological polar surface area (TPSA) is 125 Å². The Morgan fingerprint density at radius 1 is 1.35 bits per heavy atom. The van der Waals surface area contributed by atoms with Gasteiger partial charge < -0.3 is 20.3 Å². The van der Waals surface area contributed by atoms with E-state index in [2.05, 4.69) is 16.0 Å². The van der Waals surface area contributed by atoms with Gasteiger partial charge in [0.05, 0.1) is 25.3 Å². The van der Waals surface area contributed by atoms with E-state index in [0.29, 0.717) is 0 Å². The van der Waals surface area contributed by atoms with Crippen LogP contribution in [0, 0.1) is 12.3 Å². The van der Waals surface area contributed by atoms with Crippen molar-refractivity contribution in [2.45, 2.75) is 30.8 Å². The van der Waals surface area contributed by atoms with E-state index in [4.69, 9.17) is 11.2 Å². The number of hydrogen-bond donors (Lipinski definition) is 4. The molecule has 4 atom stereocenters. The number of amides is 1. The number of terminal acetylenes is 1. The number of sulfonamides is 1. The highest BCUT2D eigenvalue weighted by molar-refractivity contribution is 7.88. The first-order chi connectivity index (χ1) is 9.24. The third-order valence-corrected chi connectivity index (χ3v) is 3.47. The second kappa shape index (κ2) is 7.01. The molecule has 9 heteroatoms. The smallest absolute Gasteiger partial charge is 0.223 e. The maximum Gasteiger partial charge on any atom is 0.223 e. The average molecular weight is 306 g/mol. The number of rotatable bonds is 6. The van der Waals surface area contributed by atoms with Crippen molar-refractivity contribution in [3.8, 4) is 12.3 Å². The zero-order valence-electron chi connectivity index (χ0n) is 10.9. The van der Waals surface area contributed by atoms with Gasteiger partial charge in [-0.05, 0) is 0 Å². The SMILES string of the molecule is C#CCNC(=O)C[C@@H]1O[C@H](CNS(C)(=O)=O)[C@@H](O)[C@H]1O. The summed E-state index contributed by atoms with van der Waals surface area (Å²) in [7, 11) is -3.43. The fourth-order valence-corrected chi connectivity index (χ4v) is 2.27. The molecule has 0 saturated carbocycles. The second-order valence-electron chi connectivity index (χ2n) is 4.50. The molecule has 0 unspecified atom stereocenters. The third-order valence-electron chi connectivity index (χ3n) is 2.78. The molecule has 1 aliphatic heterocycles. The summed E-state index contributed by atoms with van der Waals surface area (Å²) in [4.78, 5) is 11.4. The lowest BCUT2D eigenvalue weighted by atomic mass is 10.1. The minimum Gasteiger partial charge on any atom is -0.388 e. The molecule has 0 aromatic carbocycles. The van der Waals surface area contributed by atoms with Crippen molar-refractivity contribution >= 4 is 15.9 Å². The van der Waals surface area contributed by atoms with Crippen molar-refractivity contribution in [1.82, 2.24) is 10.0 Å². The first-order valence-electron chi connectivity index (χ1n) is 5.91. The lowest BCUT2D eigenvalue weighted by Gasteiger charge is -2.14. The summed E-state index contributed by atoms with van der Waals surface area (Å²) in [6.07, 6.45) is 1.43. The molecule has 1 aliphatic rings. The normalized spacial score (nSPS) is 29.9. The zero-order chi connectivity index (χ0) is 15.3. The molecular formula is C11H18N2O6S. The molecule has 0 aromatic rings. The highest BCUT2D eigenvalue weighted by atomic mass is 32.2. The van der Waals surface area contributed by atoms with Gasteiger partial charge in [0.1, 0.15) is 18.3 Å². The van der Waals surface area contributed by atoms with Crippen LogP contribution in [0.5, 0.6) is 0 Å². The molecule has 8 nitrogen and oxygen atoms in total. The number of aliphatic hydroxyl groups excluding tert-OH is 2. The van der Waals surface area contributed by atoms with Crippen LogP contribution in [0.3, 0.4) is 0 Å². The molecule has 1 amide bonds. The Morgan fingerprint density at radius 2 is 1.95 bits per heavy atom. The monoisotopic (exact) mass is 306 g/mol. The quantitative estimate of drug-likeness (QED) is 0.392. The van der Waals surface area contributed by atoms with Crippen molar-refractivity contribution in [2.24, 2.45) is 0 Å². The van der Waals surface area contributed by atoms with E-state index in [9.17, 15) is 23.4 Å². The standard InChI is InChI=1S/C11H18N2O6S/c1-3-4-12-9(14)5-7-10(15)11(16)8(19-7)6-13-20(2,17)18/h1,7-8,10-11,13,15-16H,4-6H2,2H3,(H,12,14)/t7-,8+,10-,11+/m0/s1. The second-order valence-corrected chi connectivity index (χ2v) is 6.33. The highest BCUT2D eigenvalue weighted by Crippen LogP contribution is 2.23. The molecular weight excluding hydrogens is 288 g/mol. The van der Waals surface area contributed by atoms with Gasteiger partial charge in [0.2, 0.25) is 15.9 Å². The van der Waals surface area contributed by atoms with Crippen LogP contribution in [-0.2, 0) is 19.6 Å². The van der Waals surface area contributed by atoms with Crippen molar-refractivity contribution < 1.29 is 28.2 Å². The van der Waals surface area contributed by atoms with Gasteiger partial charge in [-0.25, -0.2) is 13.1 Å². The molecule has 0 radical (unpaired) electrons. The molecule has 114 valence electrons. The van der Waals surface area contributed by atoms with E-state index in [1.807, 2.05) is 0 Å². The zero-order valence-corrected chi connectivity index (χ0v) is 11.8. The van der Waals surface area contributed by atoms with Crippen LogP contribution in [0.15, 0.2) is 0 Å². The van der Waals surface area contributed by atoms with Crippen LogP contribution < -0.4 is 10.0 Å². The van der Waals surface area contributed by atoms with Gasteiger partial charge in [0, 0.05) is 6.54 Å². The van der Waals surface area contributed by atoms with E-state index in [1.165, 1.54) is 0 Å². The fourth-order valence-electron chi connectivity index (χ4n) is 1.80. The maximum absolute atomic E-state index is 11.4. The van der Waals surface area contributed by atoms with Gasteiger partial charge in [0.15, 0.2) is 0 Å². The minimum absolute atomic E-state index is 0.0588. The average Bonchev–Trinajstić information content (AvgIpc) is 2.61. The molecule has 1 rings (SSSR count). The van der Waals surface area contributed by atoms with Crippen LogP contribution >= 0.6 is 0 Å². The first-order valence-corrected chi connectivity index (χ1v) is 7.80. The number of carbonyl (C=O) groups excluding carboxylic acids is 1. The summed E-state index contributed by atoms with van der Waals surface area (Å²) in [5, 5.41) is 21.9. The molecule has 0 aromatic heterocycles. The van der Waals surface area contributed by atoms with E-state index in [1.54, 1.807) is 0 Å². The van der Waals surface area contributed by atoms with Crippen molar-refractivity contribution in [1.29, 1.82) is 0 Å². The number of carbonyl (C=O) groups is 1. The number of aliphatic hydroxyl groups is 2. The summed E-state index contributed by atoms with van der Waals surface area (Å²) >= 11 is 0. The Kier molecular flexibility index (Phi) is 5.91. The summed E-state index contributed by atoms with van der Waals surface area (Å²) in [6, 6.07) is 0. The predicted octanol–water partition coefficient (Wildman–Crippen LogP) is -2.84. The van der Waals surface area contributed by atoms with Gasteiger partial charge in [0.25, 0.3) is 0 Å². The predicted molar refractivity (Wildman–Crippen MR) is 70.0 cm³/mol. The molecule has 1 fully saturated rings. The summed E-state index contributed by atoms with van der Waals surface area (Å²) in [5.74, 6) is 1.81. The molecule has 0 aliphatic carbocycles. The number of nitrogens with one attached hydrogen (secondary N) is 2. The Labute approximate surface area is 117 Å². The van der Waals surface area contributed by atoms with Crippen molar-refractivity contribution in [2.75, 3.05) is 19.3 Å². The Balaban J connectivity index is 2.52. The summed E-state index contributed by atoms with van der Waals surface area (Å²) in [5.41, 5.74) is 0. The van der Waals surface area contributed by atoms with Gasteiger partial charge in [-0.3, -0.25) is 4.79 Å². The van der Waals surface area contributed by atoms with Gasteiger partial charge in [-0.2, -0.15) is 0 Å². The largest absolute Gasteiger partial charge is 0.388 e. The molecule has 20 heavy (non-hydrogen) atoms. The lowest BCUT2D eigenvalue weighted by Crippen LogP contribution is -2.39. The first kappa shape index (κ1) is 16.9. The molecule has 1 heterocycles. The summed E-state index contributed by atoms with van der Waals surface area (Å²) < 4.78 is 29.4. The number of ether oxygens (including phenoxy) is 1. The van der Waals surface area contributed by atoms with Crippen LogP contribution in [-0.4, -0.2) is 68.3 Å². The van der Waals surface area contributed by atoms with Crippen LogP contribution in [0.4, 0.5) is 0 Å².